The molecule has 1 spiro atoms. The first kappa shape index (κ1) is 16.5. The molecule has 0 bridgehead atoms. The number of urea groups is 1. The second-order valence-electron chi connectivity index (χ2n) is 6.89. The number of nitrogens with zero attached hydrogens (tertiary/aromatic N) is 4. The summed E-state index contributed by atoms with van der Waals surface area (Å²) in [5.41, 5.74) is 0.372. The number of nitrogens with one attached hydrogen (secondary N) is 1. The van der Waals surface area contributed by atoms with E-state index in [1.165, 1.54) is 0 Å². The summed E-state index contributed by atoms with van der Waals surface area (Å²) in [5, 5.41) is 3.12. The van der Waals surface area contributed by atoms with Crippen molar-refractivity contribution < 1.29 is 9.59 Å². The second kappa shape index (κ2) is 6.74. The Kier molecular flexibility index (Phi) is 4.28. The van der Waals surface area contributed by atoms with Crippen molar-refractivity contribution in [2.45, 2.75) is 18.4 Å². The van der Waals surface area contributed by atoms with Crippen LogP contribution in [-0.4, -0.2) is 58.4 Å². The standard InChI is InChI=1S/C19H21N5O2/c25-16(15-5-2-1-3-6-15)13-24-14-19(22-18(24)26)7-11-23(12-8-19)17-20-9-4-10-21-17/h1-6,9-10H,7-8,11-14H2,(H,22,26). The highest BCUT2D eigenvalue weighted by Crippen LogP contribution is 2.29. The molecule has 26 heavy (non-hydrogen) atoms. The van der Waals surface area contributed by atoms with Crippen molar-refractivity contribution in [2.24, 2.45) is 0 Å². The minimum atomic E-state index is -0.265. The van der Waals surface area contributed by atoms with Crippen LogP contribution in [-0.2, 0) is 0 Å². The Morgan fingerprint density at radius 3 is 2.46 bits per heavy atom. The molecule has 134 valence electrons. The van der Waals surface area contributed by atoms with Crippen LogP contribution in [0.5, 0.6) is 0 Å². The molecule has 7 nitrogen and oxygen atoms in total. The lowest BCUT2D eigenvalue weighted by atomic mass is 9.88. The Morgan fingerprint density at radius 1 is 1.08 bits per heavy atom. The number of ketones is 1. The van der Waals surface area contributed by atoms with Gasteiger partial charge in [-0.3, -0.25) is 4.79 Å². The van der Waals surface area contributed by atoms with Crippen molar-refractivity contribution in [3.05, 3.63) is 54.4 Å². The fraction of sp³-hybridized carbons (Fsp3) is 0.368. The molecule has 2 amide bonds. The van der Waals surface area contributed by atoms with Crippen LogP contribution in [0.1, 0.15) is 23.2 Å². The Hall–Kier alpha value is -2.96. The van der Waals surface area contributed by atoms with E-state index in [9.17, 15) is 9.59 Å². The fourth-order valence-electron chi connectivity index (χ4n) is 3.67. The van der Waals surface area contributed by atoms with Crippen molar-refractivity contribution in [3.63, 3.8) is 0 Å². The first-order valence-electron chi connectivity index (χ1n) is 8.83. The van der Waals surface area contributed by atoms with Crippen LogP contribution in [0.4, 0.5) is 10.7 Å². The monoisotopic (exact) mass is 351 g/mol. The Labute approximate surface area is 152 Å². The van der Waals surface area contributed by atoms with Gasteiger partial charge in [0.2, 0.25) is 5.95 Å². The number of benzene rings is 1. The van der Waals surface area contributed by atoms with Crippen LogP contribution in [0.3, 0.4) is 0 Å². The molecule has 0 radical (unpaired) electrons. The lowest BCUT2D eigenvalue weighted by molar-refractivity contribution is 0.0949. The third-order valence-electron chi connectivity index (χ3n) is 5.14. The Balaban J connectivity index is 1.38. The summed E-state index contributed by atoms with van der Waals surface area (Å²) in [5.74, 6) is 0.690. The molecule has 2 aliphatic rings. The first-order chi connectivity index (χ1) is 12.7. The van der Waals surface area contributed by atoms with Crippen LogP contribution < -0.4 is 10.2 Å². The Morgan fingerprint density at radius 2 is 1.77 bits per heavy atom. The first-order valence-corrected chi connectivity index (χ1v) is 8.83. The molecule has 1 aromatic carbocycles. The van der Waals surface area contributed by atoms with Gasteiger partial charge < -0.3 is 15.1 Å². The molecule has 2 aliphatic heterocycles. The van der Waals surface area contributed by atoms with Gasteiger partial charge in [-0.15, -0.1) is 0 Å². The van der Waals surface area contributed by atoms with Crippen molar-refractivity contribution in [3.8, 4) is 0 Å². The van der Waals surface area contributed by atoms with Gasteiger partial charge in [-0.05, 0) is 18.9 Å². The number of carbonyl (C=O) groups excluding carboxylic acids is 2. The number of hydrogen-bond donors (Lipinski definition) is 1. The summed E-state index contributed by atoms with van der Waals surface area (Å²) in [4.78, 5) is 37.1. The number of aromatic nitrogens is 2. The number of piperidine rings is 1. The van der Waals surface area contributed by atoms with Gasteiger partial charge in [-0.25, -0.2) is 14.8 Å². The summed E-state index contributed by atoms with van der Waals surface area (Å²) in [7, 11) is 0. The van der Waals surface area contributed by atoms with Gasteiger partial charge in [-0.2, -0.15) is 0 Å². The maximum atomic E-state index is 12.4. The van der Waals surface area contributed by atoms with Crippen molar-refractivity contribution in [1.82, 2.24) is 20.2 Å². The fourth-order valence-corrected chi connectivity index (χ4v) is 3.67. The van der Waals surface area contributed by atoms with Gasteiger partial charge in [0, 0.05) is 37.6 Å². The lowest BCUT2D eigenvalue weighted by Crippen LogP contribution is -2.52. The van der Waals surface area contributed by atoms with Gasteiger partial charge in [-0.1, -0.05) is 30.3 Å². The molecule has 2 fully saturated rings. The van der Waals surface area contributed by atoms with Crippen molar-refractivity contribution in [1.29, 1.82) is 0 Å². The summed E-state index contributed by atoms with van der Waals surface area (Å²) < 4.78 is 0. The normalized spacial score (nSPS) is 18.8. The molecule has 2 saturated heterocycles. The van der Waals surface area contributed by atoms with E-state index in [1.807, 2.05) is 18.2 Å². The average molecular weight is 351 g/mol. The Bertz CT molecular complexity index is 788. The zero-order valence-electron chi connectivity index (χ0n) is 14.5. The van der Waals surface area contributed by atoms with Crippen LogP contribution in [0, 0.1) is 0 Å². The summed E-state index contributed by atoms with van der Waals surface area (Å²) in [6.07, 6.45) is 5.10. The van der Waals surface area contributed by atoms with E-state index in [1.54, 1.807) is 35.5 Å². The van der Waals surface area contributed by atoms with Crippen LogP contribution in [0.25, 0.3) is 0 Å². The van der Waals surface area contributed by atoms with Gasteiger partial charge in [0.15, 0.2) is 5.78 Å². The molecular formula is C19H21N5O2. The predicted octanol–water partition coefficient (Wildman–Crippen LogP) is 1.72. The number of anilines is 1. The van der Waals surface area contributed by atoms with Crippen molar-refractivity contribution >= 4 is 17.8 Å². The smallest absolute Gasteiger partial charge is 0.318 e. The van der Waals surface area contributed by atoms with E-state index in [-0.39, 0.29) is 23.9 Å². The highest BCUT2D eigenvalue weighted by Gasteiger charge is 2.45. The molecule has 3 heterocycles. The number of amides is 2. The summed E-state index contributed by atoms with van der Waals surface area (Å²) in [6, 6.07) is 10.8. The molecule has 0 unspecified atom stereocenters. The number of carbonyl (C=O) groups is 2. The minimum absolute atomic E-state index is 0.0343. The summed E-state index contributed by atoms with van der Waals surface area (Å²) >= 11 is 0. The van der Waals surface area contributed by atoms with Gasteiger partial charge in [0.25, 0.3) is 0 Å². The molecule has 7 heteroatoms. The summed E-state index contributed by atoms with van der Waals surface area (Å²) in [6.45, 7) is 2.24. The average Bonchev–Trinajstić information content (AvgIpc) is 2.98. The van der Waals surface area contributed by atoms with E-state index in [2.05, 4.69) is 20.2 Å². The highest BCUT2D eigenvalue weighted by atomic mass is 16.2. The number of rotatable bonds is 4. The largest absolute Gasteiger partial charge is 0.341 e. The third-order valence-corrected chi connectivity index (χ3v) is 5.14. The third kappa shape index (κ3) is 3.24. The van der Waals surface area contributed by atoms with Gasteiger partial charge in [0.05, 0.1) is 12.1 Å². The van der Waals surface area contributed by atoms with Gasteiger partial charge >= 0.3 is 6.03 Å². The van der Waals surface area contributed by atoms with E-state index < -0.39 is 0 Å². The molecule has 4 rings (SSSR count). The molecule has 0 atom stereocenters. The molecule has 1 aromatic heterocycles. The number of Topliss-reactive ketones (excluding diaryl/α,β-unsaturated/α-hetero) is 1. The maximum Gasteiger partial charge on any atom is 0.318 e. The van der Waals surface area contributed by atoms with Crippen molar-refractivity contribution in [2.75, 3.05) is 31.1 Å². The van der Waals surface area contributed by atoms with Crippen LogP contribution in [0.2, 0.25) is 0 Å². The highest BCUT2D eigenvalue weighted by molar-refractivity contribution is 5.99. The van der Waals surface area contributed by atoms with E-state index in [0.717, 1.165) is 31.9 Å². The molecule has 2 aromatic rings. The zero-order chi connectivity index (χ0) is 18.0. The quantitative estimate of drug-likeness (QED) is 0.849. The number of hydrogen-bond acceptors (Lipinski definition) is 5. The van der Waals surface area contributed by atoms with Crippen LogP contribution >= 0.6 is 0 Å². The zero-order valence-corrected chi connectivity index (χ0v) is 14.5. The van der Waals surface area contributed by atoms with E-state index in [0.29, 0.717) is 12.1 Å². The molecule has 0 aliphatic carbocycles. The van der Waals surface area contributed by atoms with E-state index in [4.69, 9.17) is 0 Å². The maximum absolute atomic E-state index is 12.4. The predicted molar refractivity (Wildman–Crippen MR) is 97.1 cm³/mol. The molecular weight excluding hydrogens is 330 g/mol. The van der Waals surface area contributed by atoms with E-state index >= 15 is 0 Å². The minimum Gasteiger partial charge on any atom is -0.341 e. The SMILES string of the molecule is O=C(CN1CC2(CCN(c3ncccn3)CC2)NC1=O)c1ccccc1. The second-order valence-corrected chi connectivity index (χ2v) is 6.89. The molecule has 0 saturated carbocycles. The van der Waals surface area contributed by atoms with Gasteiger partial charge in [0.1, 0.15) is 0 Å². The molecule has 1 N–H and O–H groups in total. The van der Waals surface area contributed by atoms with Crippen LogP contribution in [0.15, 0.2) is 48.8 Å². The lowest BCUT2D eigenvalue weighted by Gasteiger charge is -2.38. The topological polar surface area (TPSA) is 78.4 Å².